The van der Waals surface area contributed by atoms with Gasteiger partial charge in [-0.1, -0.05) is 0 Å². The van der Waals surface area contributed by atoms with Crippen molar-refractivity contribution in [2.24, 2.45) is 10.9 Å². The monoisotopic (exact) mass is 355 g/mol. The van der Waals surface area contributed by atoms with E-state index in [9.17, 15) is 4.79 Å². The van der Waals surface area contributed by atoms with E-state index in [0.29, 0.717) is 12.0 Å². The Kier molecular flexibility index (Phi) is 4.48. The molecule has 26 heavy (non-hydrogen) atoms. The molecular weight excluding hydrogens is 330 g/mol. The lowest BCUT2D eigenvalue weighted by Crippen LogP contribution is -2.49. The largest absolute Gasteiger partial charge is 0.345 e. The predicted molar refractivity (Wildman–Crippen MR) is 99.2 cm³/mol. The van der Waals surface area contributed by atoms with Crippen LogP contribution in [0.3, 0.4) is 0 Å². The first-order valence-corrected chi connectivity index (χ1v) is 9.29. The van der Waals surface area contributed by atoms with E-state index in [2.05, 4.69) is 15.0 Å². The number of nitrogens with zero attached hydrogens (tertiary/aromatic N) is 5. The summed E-state index contributed by atoms with van der Waals surface area (Å²) in [6, 6.07) is 2.07. The van der Waals surface area contributed by atoms with Gasteiger partial charge < -0.3 is 14.8 Å². The van der Waals surface area contributed by atoms with E-state index in [1.807, 2.05) is 26.6 Å². The molecule has 2 aliphatic heterocycles. The molecule has 2 aromatic rings. The second-order valence-corrected chi connectivity index (χ2v) is 7.03. The highest BCUT2D eigenvalue weighted by Gasteiger charge is 2.31. The van der Waals surface area contributed by atoms with E-state index >= 15 is 0 Å². The number of amides is 2. The van der Waals surface area contributed by atoms with Crippen LogP contribution in [0.15, 0.2) is 23.5 Å². The average Bonchev–Trinajstić information content (AvgIpc) is 3.35. The molecule has 0 bridgehead atoms. The van der Waals surface area contributed by atoms with E-state index in [-0.39, 0.29) is 11.9 Å². The number of H-pyrrole nitrogens is 1. The molecule has 1 atom stereocenters. The van der Waals surface area contributed by atoms with Gasteiger partial charge in [0.05, 0.1) is 11.7 Å². The zero-order valence-corrected chi connectivity index (χ0v) is 15.1. The third kappa shape index (κ3) is 2.89. The smallest absolute Gasteiger partial charge is 0.320 e. The Balaban J connectivity index is 1.62. The van der Waals surface area contributed by atoms with Crippen LogP contribution in [-0.4, -0.2) is 69.4 Å². The Morgan fingerprint density at radius 2 is 2.04 bits per heavy atom. The maximum Gasteiger partial charge on any atom is 0.320 e. The Bertz CT molecular complexity index is 890. The number of rotatable bonds is 1. The van der Waals surface area contributed by atoms with Crippen LogP contribution in [-0.2, 0) is 0 Å². The summed E-state index contributed by atoms with van der Waals surface area (Å²) < 4.78 is 1.85. The van der Waals surface area contributed by atoms with Gasteiger partial charge in [0.25, 0.3) is 0 Å². The highest BCUT2D eigenvalue weighted by Crippen LogP contribution is 2.22. The number of carbonyl (C=O) groups is 1. The summed E-state index contributed by atoms with van der Waals surface area (Å²) in [4.78, 5) is 28.6. The number of urea groups is 1. The first-order valence-electron chi connectivity index (χ1n) is 9.29. The molecule has 8 heteroatoms. The van der Waals surface area contributed by atoms with Crippen molar-refractivity contribution in [3.63, 3.8) is 0 Å². The Morgan fingerprint density at radius 1 is 1.27 bits per heavy atom. The van der Waals surface area contributed by atoms with Gasteiger partial charge in [0.15, 0.2) is 5.65 Å². The average molecular weight is 355 g/mol. The van der Waals surface area contributed by atoms with Gasteiger partial charge in [-0.05, 0) is 31.7 Å². The molecule has 0 spiro atoms. The number of aromatic amines is 1. The van der Waals surface area contributed by atoms with Crippen molar-refractivity contribution in [2.75, 3.05) is 33.2 Å². The molecule has 4 rings (SSSR count). The van der Waals surface area contributed by atoms with E-state index in [1.165, 1.54) is 0 Å². The second-order valence-electron chi connectivity index (χ2n) is 7.03. The van der Waals surface area contributed by atoms with Crippen molar-refractivity contribution in [3.05, 3.63) is 23.9 Å². The van der Waals surface area contributed by atoms with Gasteiger partial charge in [-0.3, -0.25) is 15.0 Å². The van der Waals surface area contributed by atoms with Crippen molar-refractivity contribution >= 4 is 23.0 Å². The quantitative estimate of drug-likeness (QED) is 0.601. The number of nitrogens with one attached hydrogen (secondary N) is 2. The highest BCUT2D eigenvalue weighted by molar-refractivity contribution is 5.94. The van der Waals surface area contributed by atoms with Crippen LogP contribution >= 0.6 is 0 Å². The number of likely N-dealkylation sites (tertiary alicyclic amines) is 2. The van der Waals surface area contributed by atoms with Gasteiger partial charge in [-0.2, -0.15) is 0 Å². The molecule has 2 aromatic heterocycles. The maximum atomic E-state index is 12.8. The summed E-state index contributed by atoms with van der Waals surface area (Å²) in [6.07, 6.45) is 7.50. The van der Waals surface area contributed by atoms with E-state index in [1.54, 1.807) is 13.2 Å². The fraction of sp³-hybridized carbons (Fsp3) is 0.556. The Hall–Kier alpha value is -2.64. The number of aliphatic imine (C=N–C) groups is 1. The minimum atomic E-state index is 0.120. The van der Waals surface area contributed by atoms with E-state index in [4.69, 9.17) is 5.41 Å². The molecule has 2 saturated heterocycles. The zero-order chi connectivity index (χ0) is 18.1. The molecule has 0 radical (unpaired) electrons. The normalized spacial score (nSPS) is 21.6. The first-order chi connectivity index (χ1) is 12.7. The minimum absolute atomic E-state index is 0.120. The molecule has 4 heterocycles. The maximum absolute atomic E-state index is 12.8. The molecular formula is C18H25N7O. The summed E-state index contributed by atoms with van der Waals surface area (Å²) in [6.45, 7) is 3.20. The summed E-state index contributed by atoms with van der Waals surface area (Å²) >= 11 is 0. The number of carbonyl (C=O) groups excluding carboxylic acids is 1. The lowest BCUT2D eigenvalue weighted by Gasteiger charge is -2.36. The van der Waals surface area contributed by atoms with Gasteiger partial charge >= 0.3 is 6.03 Å². The first kappa shape index (κ1) is 16.8. The SMILES string of the molecule is C/N=C(/C1CCCN(C(=O)N2CCCC2)C1)n1c(=N)cnc2[nH]ccc21. The van der Waals surface area contributed by atoms with Crippen molar-refractivity contribution < 1.29 is 4.79 Å². The predicted octanol–water partition coefficient (Wildman–Crippen LogP) is 1.65. The van der Waals surface area contributed by atoms with Gasteiger partial charge in [0.1, 0.15) is 11.3 Å². The fourth-order valence-electron chi connectivity index (χ4n) is 4.13. The molecule has 1 unspecified atom stereocenters. The third-order valence-electron chi connectivity index (χ3n) is 5.39. The fourth-order valence-corrected chi connectivity index (χ4v) is 4.13. The van der Waals surface area contributed by atoms with Crippen molar-refractivity contribution in [1.29, 1.82) is 5.41 Å². The highest BCUT2D eigenvalue weighted by atomic mass is 16.2. The van der Waals surface area contributed by atoms with Crippen LogP contribution < -0.4 is 5.49 Å². The molecule has 8 nitrogen and oxygen atoms in total. The minimum Gasteiger partial charge on any atom is -0.345 e. The standard InChI is InChI=1S/C18H25N7O/c1-20-17(25-14-6-7-21-16(14)22-11-15(25)19)13-5-4-10-24(12-13)18(26)23-8-2-3-9-23/h6-7,11,13,19,21H,2-5,8-10,12H2,1H3/b19-15?,20-17-. The van der Waals surface area contributed by atoms with Crippen molar-refractivity contribution in [1.82, 2.24) is 24.3 Å². The van der Waals surface area contributed by atoms with Crippen LogP contribution in [0.4, 0.5) is 4.79 Å². The van der Waals surface area contributed by atoms with Gasteiger partial charge in [-0.25, -0.2) is 9.78 Å². The Labute approximate surface area is 152 Å². The lowest BCUT2D eigenvalue weighted by atomic mass is 9.96. The van der Waals surface area contributed by atoms with Gasteiger partial charge in [0, 0.05) is 45.3 Å². The number of aromatic nitrogens is 3. The van der Waals surface area contributed by atoms with Crippen LogP contribution in [0.2, 0.25) is 0 Å². The molecule has 0 aromatic carbocycles. The van der Waals surface area contributed by atoms with Gasteiger partial charge in [0.2, 0.25) is 0 Å². The van der Waals surface area contributed by atoms with Crippen LogP contribution in [0.5, 0.6) is 0 Å². The molecule has 2 amide bonds. The lowest BCUT2D eigenvalue weighted by molar-refractivity contribution is 0.145. The second kappa shape index (κ2) is 6.93. The molecule has 138 valence electrons. The summed E-state index contributed by atoms with van der Waals surface area (Å²) in [5, 5.41) is 8.33. The third-order valence-corrected chi connectivity index (χ3v) is 5.39. The van der Waals surface area contributed by atoms with Crippen molar-refractivity contribution in [3.8, 4) is 0 Å². The number of piperidine rings is 1. The topological polar surface area (TPSA) is 93.4 Å². The van der Waals surface area contributed by atoms with Crippen molar-refractivity contribution in [2.45, 2.75) is 25.7 Å². The summed E-state index contributed by atoms with van der Waals surface area (Å²) in [5.41, 5.74) is 1.89. The molecule has 2 N–H and O–H groups in total. The van der Waals surface area contributed by atoms with E-state index < -0.39 is 0 Å². The molecule has 0 saturated carbocycles. The van der Waals surface area contributed by atoms with Crippen LogP contribution in [0.1, 0.15) is 25.7 Å². The number of fused-ring (bicyclic) bond motifs is 1. The summed E-state index contributed by atoms with van der Waals surface area (Å²) in [5.74, 6) is 0.954. The summed E-state index contributed by atoms with van der Waals surface area (Å²) in [7, 11) is 1.77. The van der Waals surface area contributed by atoms with Crippen LogP contribution in [0, 0.1) is 11.3 Å². The number of hydrogen-bond acceptors (Lipinski definition) is 4. The molecule has 2 aliphatic rings. The molecule has 0 aliphatic carbocycles. The van der Waals surface area contributed by atoms with E-state index in [0.717, 1.165) is 62.3 Å². The molecule has 2 fully saturated rings. The van der Waals surface area contributed by atoms with Crippen LogP contribution in [0.25, 0.3) is 11.2 Å². The number of hydrogen-bond donors (Lipinski definition) is 2. The Morgan fingerprint density at radius 3 is 2.81 bits per heavy atom. The van der Waals surface area contributed by atoms with Gasteiger partial charge in [-0.15, -0.1) is 0 Å². The zero-order valence-electron chi connectivity index (χ0n) is 15.1.